The lowest BCUT2D eigenvalue weighted by atomic mass is 9.78. The number of rotatable bonds is 3. The molecule has 1 amide bonds. The Hall–Kier alpha value is -1.46. The molecule has 0 radical (unpaired) electrons. The van der Waals surface area contributed by atoms with Gasteiger partial charge in [-0.3, -0.25) is 9.69 Å². The Bertz CT molecular complexity index is 791. The summed E-state index contributed by atoms with van der Waals surface area (Å²) >= 11 is 1.83. The largest absolute Gasteiger partial charge is 0.342 e. The summed E-state index contributed by atoms with van der Waals surface area (Å²) in [6.45, 7) is 3.55. The maximum absolute atomic E-state index is 13.0. The molecule has 3 fully saturated rings. The molecule has 2 aliphatic heterocycles. The molecule has 28 heavy (non-hydrogen) atoms. The summed E-state index contributed by atoms with van der Waals surface area (Å²) < 4.78 is 1.28. The smallest absolute Gasteiger partial charge is 0.236 e. The molecule has 150 valence electrons. The number of likely N-dealkylation sites (tertiary alicyclic amines) is 2. The molecule has 0 spiro atoms. The standard InChI is InChI=1S/C23H31N3OS/c27-22(16-26-13-5-7-17-6-1-3-9-20(17)26)25-14-11-18(12-15-25)23-24-19-8-2-4-10-21(19)28-23/h2,4,8,10,17-18,20H,1,3,5-7,9,11-16H2/t17-,20+/m1/s1. The summed E-state index contributed by atoms with van der Waals surface area (Å²) in [5, 5.41) is 1.26. The first kappa shape index (κ1) is 18.6. The van der Waals surface area contributed by atoms with Gasteiger partial charge in [-0.05, 0) is 63.1 Å². The zero-order valence-corrected chi connectivity index (χ0v) is 17.5. The van der Waals surface area contributed by atoms with E-state index in [1.807, 2.05) is 11.3 Å². The molecule has 1 aliphatic carbocycles. The van der Waals surface area contributed by atoms with Crippen LogP contribution in [0.25, 0.3) is 10.2 Å². The van der Waals surface area contributed by atoms with Crippen molar-refractivity contribution in [1.29, 1.82) is 0 Å². The lowest BCUT2D eigenvalue weighted by Gasteiger charge is -2.44. The molecule has 2 atom stereocenters. The van der Waals surface area contributed by atoms with Gasteiger partial charge >= 0.3 is 0 Å². The third kappa shape index (κ3) is 3.71. The van der Waals surface area contributed by atoms with E-state index < -0.39 is 0 Å². The Morgan fingerprint density at radius 2 is 1.79 bits per heavy atom. The summed E-state index contributed by atoms with van der Waals surface area (Å²) in [7, 11) is 0. The minimum atomic E-state index is 0.356. The predicted molar refractivity (Wildman–Crippen MR) is 115 cm³/mol. The minimum absolute atomic E-state index is 0.356. The normalized spacial score (nSPS) is 27.1. The second-order valence-electron chi connectivity index (χ2n) is 8.90. The van der Waals surface area contributed by atoms with E-state index in [0.717, 1.165) is 43.9 Å². The third-order valence-electron chi connectivity index (χ3n) is 7.20. The highest BCUT2D eigenvalue weighted by Crippen LogP contribution is 2.36. The lowest BCUT2D eigenvalue weighted by molar-refractivity contribution is -0.135. The van der Waals surface area contributed by atoms with E-state index in [1.54, 1.807) is 0 Å². The molecule has 2 aromatic rings. The van der Waals surface area contributed by atoms with Crippen LogP contribution in [0.3, 0.4) is 0 Å². The average molecular weight is 398 g/mol. The van der Waals surface area contributed by atoms with E-state index in [0.29, 0.717) is 24.4 Å². The molecule has 2 saturated heterocycles. The molecule has 0 unspecified atom stereocenters. The minimum Gasteiger partial charge on any atom is -0.342 e. The van der Waals surface area contributed by atoms with Crippen LogP contribution in [-0.2, 0) is 4.79 Å². The van der Waals surface area contributed by atoms with Crippen molar-refractivity contribution in [2.24, 2.45) is 5.92 Å². The number of hydrogen-bond donors (Lipinski definition) is 0. The van der Waals surface area contributed by atoms with Crippen LogP contribution < -0.4 is 0 Å². The van der Waals surface area contributed by atoms with Crippen molar-refractivity contribution in [2.75, 3.05) is 26.2 Å². The lowest BCUT2D eigenvalue weighted by Crippen LogP contribution is -2.51. The number of carbonyl (C=O) groups is 1. The average Bonchev–Trinajstić information content (AvgIpc) is 3.18. The molecular weight excluding hydrogens is 366 g/mol. The first-order valence-electron chi connectivity index (χ1n) is 11.2. The van der Waals surface area contributed by atoms with Gasteiger partial charge in [-0.1, -0.05) is 25.0 Å². The topological polar surface area (TPSA) is 36.4 Å². The Balaban J connectivity index is 1.17. The maximum Gasteiger partial charge on any atom is 0.236 e. The highest BCUT2D eigenvalue weighted by molar-refractivity contribution is 7.18. The quantitative estimate of drug-likeness (QED) is 0.756. The number of aromatic nitrogens is 1. The summed E-state index contributed by atoms with van der Waals surface area (Å²) in [4.78, 5) is 22.5. The Morgan fingerprint density at radius 1 is 1.00 bits per heavy atom. The van der Waals surface area contributed by atoms with E-state index in [4.69, 9.17) is 4.98 Å². The van der Waals surface area contributed by atoms with Crippen molar-refractivity contribution in [3.8, 4) is 0 Å². The van der Waals surface area contributed by atoms with Crippen LogP contribution in [0.15, 0.2) is 24.3 Å². The van der Waals surface area contributed by atoms with Crippen molar-refractivity contribution < 1.29 is 4.79 Å². The van der Waals surface area contributed by atoms with E-state index in [-0.39, 0.29) is 0 Å². The molecule has 0 N–H and O–H groups in total. The van der Waals surface area contributed by atoms with Gasteiger partial charge in [0.25, 0.3) is 0 Å². The molecule has 1 saturated carbocycles. The number of para-hydroxylation sites is 1. The summed E-state index contributed by atoms with van der Waals surface area (Å²) in [5.74, 6) is 1.72. The maximum atomic E-state index is 13.0. The summed E-state index contributed by atoms with van der Waals surface area (Å²) in [6, 6.07) is 9.08. The van der Waals surface area contributed by atoms with Gasteiger partial charge in [0.05, 0.1) is 21.8 Å². The number of piperidine rings is 2. The summed E-state index contributed by atoms with van der Waals surface area (Å²) in [6.07, 6.45) is 10.2. The van der Waals surface area contributed by atoms with Crippen LogP contribution in [0.2, 0.25) is 0 Å². The van der Waals surface area contributed by atoms with E-state index in [1.165, 1.54) is 48.2 Å². The number of amides is 1. The number of nitrogens with zero attached hydrogens (tertiary/aromatic N) is 3. The SMILES string of the molecule is O=C(CN1CCC[C@H]2CCCC[C@@H]21)N1CCC(c2nc3ccccc3s2)CC1. The van der Waals surface area contributed by atoms with E-state index >= 15 is 0 Å². The molecule has 1 aromatic carbocycles. The molecular formula is C23H31N3OS. The number of carbonyl (C=O) groups excluding carboxylic acids is 1. The molecule has 5 rings (SSSR count). The Morgan fingerprint density at radius 3 is 2.64 bits per heavy atom. The number of benzene rings is 1. The van der Waals surface area contributed by atoms with Crippen LogP contribution in [0.1, 0.15) is 62.3 Å². The van der Waals surface area contributed by atoms with Crippen molar-refractivity contribution in [1.82, 2.24) is 14.8 Å². The van der Waals surface area contributed by atoms with E-state index in [2.05, 4.69) is 34.1 Å². The van der Waals surface area contributed by atoms with Gasteiger partial charge in [-0.15, -0.1) is 11.3 Å². The van der Waals surface area contributed by atoms with Crippen molar-refractivity contribution in [3.05, 3.63) is 29.3 Å². The van der Waals surface area contributed by atoms with Crippen LogP contribution >= 0.6 is 11.3 Å². The van der Waals surface area contributed by atoms with Crippen molar-refractivity contribution in [2.45, 2.75) is 63.3 Å². The zero-order chi connectivity index (χ0) is 18.9. The highest BCUT2D eigenvalue weighted by atomic mass is 32.1. The fraction of sp³-hybridized carbons (Fsp3) is 0.652. The Labute approximate surface area is 171 Å². The van der Waals surface area contributed by atoms with Crippen LogP contribution in [0.5, 0.6) is 0 Å². The second kappa shape index (κ2) is 8.11. The van der Waals surface area contributed by atoms with Gasteiger partial charge in [0, 0.05) is 25.0 Å². The first-order valence-corrected chi connectivity index (χ1v) is 12.0. The predicted octanol–water partition coefficient (Wildman–Crippen LogP) is 4.66. The van der Waals surface area contributed by atoms with E-state index in [9.17, 15) is 4.79 Å². The van der Waals surface area contributed by atoms with Crippen molar-refractivity contribution >= 4 is 27.5 Å². The number of hydrogen-bond acceptors (Lipinski definition) is 4. The van der Waals surface area contributed by atoms with Gasteiger partial charge in [0.2, 0.25) is 5.91 Å². The molecule has 0 bridgehead atoms. The monoisotopic (exact) mass is 397 g/mol. The molecule has 5 heteroatoms. The summed E-state index contributed by atoms with van der Waals surface area (Å²) in [5.41, 5.74) is 1.12. The molecule has 3 heterocycles. The second-order valence-corrected chi connectivity index (χ2v) is 9.96. The van der Waals surface area contributed by atoms with Crippen LogP contribution in [0.4, 0.5) is 0 Å². The number of thiazole rings is 1. The number of fused-ring (bicyclic) bond motifs is 2. The first-order chi connectivity index (χ1) is 13.8. The van der Waals surface area contributed by atoms with Crippen LogP contribution in [0, 0.1) is 5.92 Å². The molecule has 1 aromatic heterocycles. The molecule has 3 aliphatic rings. The van der Waals surface area contributed by atoms with Gasteiger partial charge < -0.3 is 4.90 Å². The third-order valence-corrected chi connectivity index (χ3v) is 8.40. The van der Waals surface area contributed by atoms with Crippen molar-refractivity contribution in [3.63, 3.8) is 0 Å². The van der Waals surface area contributed by atoms with Gasteiger partial charge in [-0.2, -0.15) is 0 Å². The van der Waals surface area contributed by atoms with Gasteiger partial charge in [-0.25, -0.2) is 4.98 Å². The fourth-order valence-electron chi connectivity index (χ4n) is 5.64. The van der Waals surface area contributed by atoms with Crippen LogP contribution in [-0.4, -0.2) is 52.9 Å². The van der Waals surface area contributed by atoms with Gasteiger partial charge in [0.1, 0.15) is 0 Å². The Kier molecular flexibility index (Phi) is 5.38. The highest BCUT2D eigenvalue weighted by Gasteiger charge is 2.35. The fourth-order valence-corrected chi connectivity index (χ4v) is 6.77. The van der Waals surface area contributed by atoms with Gasteiger partial charge in [0.15, 0.2) is 0 Å². The zero-order valence-electron chi connectivity index (χ0n) is 16.7. The molecule has 4 nitrogen and oxygen atoms in total.